The van der Waals surface area contributed by atoms with Gasteiger partial charge in [0.05, 0.1) is 0 Å². The molecule has 0 unspecified atom stereocenters. The molecular formula is C12H10S. The zero-order valence-corrected chi connectivity index (χ0v) is 8.05. The Balaban J connectivity index is 2.37. The first-order valence-electron chi connectivity index (χ1n) is 4.33. The van der Waals surface area contributed by atoms with Crippen molar-refractivity contribution in [2.45, 2.75) is 6.42 Å². The lowest BCUT2D eigenvalue weighted by molar-refractivity contribution is 1.49. The van der Waals surface area contributed by atoms with Crippen LogP contribution in [0.15, 0.2) is 48.6 Å². The van der Waals surface area contributed by atoms with E-state index in [0.717, 1.165) is 11.3 Å². The standard InChI is InChI=1S/C12H10S/c13-12-8-4-7-11(9-12)10-5-2-1-3-6-10/h1-7,9H,8H2. The topological polar surface area (TPSA) is 0 Å². The lowest BCUT2D eigenvalue weighted by Gasteiger charge is -2.07. The highest BCUT2D eigenvalue weighted by atomic mass is 32.1. The Morgan fingerprint density at radius 2 is 1.85 bits per heavy atom. The van der Waals surface area contributed by atoms with Gasteiger partial charge in [0.25, 0.3) is 0 Å². The van der Waals surface area contributed by atoms with Gasteiger partial charge < -0.3 is 0 Å². The number of hydrogen-bond acceptors (Lipinski definition) is 1. The van der Waals surface area contributed by atoms with Crippen LogP contribution in [0.4, 0.5) is 0 Å². The Labute approximate surface area is 83.6 Å². The van der Waals surface area contributed by atoms with Crippen LogP contribution in [-0.2, 0) is 0 Å². The van der Waals surface area contributed by atoms with Crippen LogP contribution in [0, 0.1) is 0 Å². The van der Waals surface area contributed by atoms with Crippen LogP contribution in [0.1, 0.15) is 12.0 Å². The molecule has 0 bridgehead atoms. The Bertz CT molecular complexity index is 371. The molecule has 0 atom stereocenters. The van der Waals surface area contributed by atoms with Crippen LogP contribution in [0.2, 0.25) is 0 Å². The Morgan fingerprint density at radius 3 is 2.54 bits per heavy atom. The van der Waals surface area contributed by atoms with Gasteiger partial charge in [-0.2, -0.15) is 0 Å². The third kappa shape index (κ3) is 1.93. The van der Waals surface area contributed by atoms with Crippen molar-refractivity contribution in [2.24, 2.45) is 0 Å². The third-order valence-electron chi connectivity index (χ3n) is 2.04. The molecule has 0 spiro atoms. The van der Waals surface area contributed by atoms with Crippen molar-refractivity contribution >= 4 is 22.7 Å². The van der Waals surface area contributed by atoms with Crippen molar-refractivity contribution in [1.82, 2.24) is 0 Å². The smallest absolute Gasteiger partial charge is 0.0196 e. The van der Waals surface area contributed by atoms with Gasteiger partial charge in [0.1, 0.15) is 0 Å². The second-order valence-electron chi connectivity index (χ2n) is 3.04. The average molecular weight is 186 g/mol. The second-order valence-corrected chi connectivity index (χ2v) is 3.56. The molecule has 0 nitrogen and oxygen atoms in total. The molecule has 1 aliphatic carbocycles. The maximum absolute atomic E-state index is 5.16. The van der Waals surface area contributed by atoms with Crippen molar-refractivity contribution in [2.75, 3.05) is 0 Å². The molecular weight excluding hydrogens is 176 g/mol. The fourth-order valence-corrected chi connectivity index (χ4v) is 1.62. The van der Waals surface area contributed by atoms with Gasteiger partial charge in [-0.3, -0.25) is 0 Å². The fraction of sp³-hybridized carbons (Fsp3) is 0.0833. The normalized spacial score (nSPS) is 15.7. The van der Waals surface area contributed by atoms with E-state index < -0.39 is 0 Å². The van der Waals surface area contributed by atoms with E-state index in [4.69, 9.17) is 12.2 Å². The zero-order valence-electron chi connectivity index (χ0n) is 7.23. The first-order chi connectivity index (χ1) is 6.36. The van der Waals surface area contributed by atoms with Crippen molar-refractivity contribution in [1.29, 1.82) is 0 Å². The highest BCUT2D eigenvalue weighted by Crippen LogP contribution is 2.19. The van der Waals surface area contributed by atoms with Gasteiger partial charge in [-0.25, -0.2) is 0 Å². The maximum atomic E-state index is 5.16. The molecule has 2 rings (SSSR count). The number of benzene rings is 1. The SMILES string of the molecule is S=C1C=C(c2ccccc2)C=CC1. The summed E-state index contributed by atoms with van der Waals surface area (Å²) in [4.78, 5) is 1.02. The summed E-state index contributed by atoms with van der Waals surface area (Å²) < 4.78 is 0. The lowest BCUT2D eigenvalue weighted by atomic mass is 10.00. The van der Waals surface area contributed by atoms with E-state index >= 15 is 0 Å². The van der Waals surface area contributed by atoms with Crippen molar-refractivity contribution < 1.29 is 0 Å². The summed E-state index contributed by atoms with van der Waals surface area (Å²) >= 11 is 5.16. The van der Waals surface area contributed by atoms with E-state index in [2.05, 4.69) is 30.4 Å². The van der Waals surface area contributed by atoms with Gasteiger partial charge in [-0.15, -0.1) is 0 Å². The van der Waals surface area contributed by atoms with E-state index in [1.165, 1.54) is 11.1 Å². The summed E-state index contributed by atoms with van der Waals surface area (Å²) in [5.74, 6) is 0. The fourth-order valence-electron chi connectivity index (χ4n) is 1.39. The second kappa shape index (κ2) is 3.67. The van der Waals surface area contributed by atoms with Crippen LogP contribution in [0.3, 0.4) is 0 Å². The summed E-state index contributed by atoms with van der Waals surface area (Å²) in [5.41, 5.74) is 2.46. The van der Waals surface area contributed by atoms with E-state index in [1.54, 1.807) is 0 Å². The number of hydrogen-bond donors (Lipinski definition) is 0. The minimum absolute atomic E-state index is 0.908. The molecule has 0 aromatic heterocycles. The molecule has 0 saturated heterocycles. The van der Waals surface area contributed by atoms with E-state index in [9.17, 15) is 0 Å². The third-order valence-corrected chi connectivity index (χ3v) is 2.32. The van der Waals surface area contributed by atoms with Gasteiger partial charge >= 0.3 is 0 Å². The lowest BCUT2D eigenvalue weighted by Crippen LogP contribution is -1.94. The van der Waals surface area contributed by atoms with E-state index in [1.807, 2.05) is 18.2 Å². The van der Waals surface area contributed by atoms with Crippen LogP contribution in [0.25, 0.3) is 5.57 Å². The monoisotopic (exact) mass is 186 g/mol. The molecule has 0 amide bonds. The first kappa shape index (κ1) is 8.39. The van der Waals surface area contributed by atoms with Crippen LogP contribution in [-0.4, -0.2) is 4.86 Å². The predicted octanol–water partition coefficient (Wildman–Crippen LogP) is 3.40. The molecule has 64 valence electrons. The summed E-state index contributed by atoms with van der Waals surface area (Å²) in [5, 5.41) is 0. The number of rotatable bonds is 1. The Kier molecular flexibility index (Phi) is 2.37. The maximum Gasteiger partial charge on any atom is 0.0196 e. The van der Waals surface area contributed by atoms with E-state index in [-0.39, 0.29) is 0 Å². The molecule has 1 aromatic rings. The molecule has 0 fully saturated rings. The molecule has 1 heteroatoms. The van der Waals surface area contributed by atoms with Crippen molar-refractivity contribution in [3.63, 3.8) is 0 Å². The van der Waals surface area contributed by atoms with Crippen LogP contribution in [0.5, 0.6) is 0 Å². The summed E-state index contributed by atoms with van der Waals surface area (Å²) in [6.45, 7) is 0. The van der Waals surface area contributed by atoms with Crippen LogP contribution < -0.4 is 0 Å². The summed E-state index contributed by atoms with van der Waals surface area (Å²) in [6, 6.07) is 10.3. The molecule has 0 aliphatic heterocycles. The van der Waals surface area contributed by atoms with Gasteiger partial charge in [-0.05, 0) is 17.2 Å². The Hall–Kier alpha value is -1.21. The molecule has 0 heterocycles. The quantitative estimate of drug-likeness (QED) is 0.606. The van der Waals surface area contributed by atoms with Crippen LogP contribution >= 0.6 is 12.2 Å². The largest absolute Gasteiger partial charge is 0.0846 e. The van der Waals surface area contributed by atoms with Crippen molar-refractivity contribution in [3.05, 3.63) is 54.1 Å². The predicted molar refractivity (Wildman–Crippen MR) is 60.8 cm³/mol. The molecule has 0 saturated carbocycles. The average Bonchev–Trinajstić information content (AvgIpc) is 2.19. The first-order valence-corrected chi connectivity index (χ1v) is 4.73. The van der Waals surface area contributed by atoms with Gasteiger partial charge in [0, 0.05) is 11.3 Å². The molecule has 1 aliphatic rings. The van der Waals surface area contributed by atoms with Gasteiger partial charge in [0.15, 0.2) is 0 Å². The highest BCUT2D eigenvalue weighted by molar-refractivity contribution is 7.80. The summed E-state index contributed by atoms with van der Waals surface area (Å²) in [6.07, 6.45) is 7.23. The van der Waals surface area contributed by atoms with Gasteiger partial charge in [-0.1, -0.05) is 54.7 Å². The minimum atomic E-state index is 0.908. The zero-order chi connectivity index (χ0) is 9.10. The number of thiocarbonyl (C=S) groups is 1. The summed E-state index contributed by atoms with van der Waals surface area (Å²) in [7, 11) is 0. The van der Waals surface area contributed by atoms with Crippen molar-refractivity contribution in [3.8, 4) is 0 Å². The molecule has 13 heavy (non-hydrogen) atoms. The Morgan fingerprint density at radius 1 is 1.08 bits per heavy atom. The molecule has 0 N–H and O–H groups in total. The highest BCUT2D eigenvalue weighted by Gasteiger charge is 2.02. The minimum Gasteiger partial charge on any atom is -0.0846 e. The van der Waals surface area contributed by atoms with E-state index in [0.29, 0.717) is 0 Å². The molecule has 0 radical (unpaired) electrons. The van der Waals surface area contributed by atoms with Gasteiger partial charge in [0.2, 0.25) is 0 Å². The molecule has 1 aromatic carbocycles. The number of allylic oxidation sites excluding steroid dienone is 4.